The highest BCUT2D eigenvalue weighted by molar-refractivity contribution is 9.10. The molecule has 0 amide bonds. The molecule has 35 heavy (non-hydrogen) atoms. The molecule has 1 N–H and O–H groups in total. The van der Waals surface area contributed by atoms with Crippen LogP contribution in [0.25, 0.3) is 11.0 Å². The third-order valence-corrected chi connectivity index (χ3v) is 6.62. The third kappa shape index (κ3) is 4.07. The maximum atomic E-state index is 13.0. The Morgan fingerprint density at radius 3 is 2.46 bits per heavy atom. The van der Waals surface area contributed by atoms with Crippen molar-refractivity contribution in [2.45, 2.75) is 43.8 Å². The zero-order chi connectivity index (χ0) is 24.9. The van der Waals surface area contributed by atoms with Crippen molar-refractivity contribution in [3.63, 3.8) is 0 Å². The van der Waals surface area contributed by atoms with Crippen LogP contribution in [-0.2, 0) is 6.18 Å². The summed E-state index contributed by atoms with van der Waals surface area (Å²) in [5.74, 6) is 0.897. The molecule has 0 radical (unpaired) electrons. The van der Waals surface area contributed by atoms with E-state index >= 15 is 0 Å². The first kappa shape index (κ1) is 23.1. The van der Waals surface area contributed by atoms with Crippen LogP contribution in [0.1, 0.15) is 66.2 Å². The third-order valence-electron chi connectivity index (χ3n) is 6.21. The Labute approximate surface area is 204 Å². The summed E-state index contributed by atoms with van der Waals surface area (Å²) >= 11 is 3.31. The van der Waals surface area contributed by atoms with E-state index in [1.54, 1.807) is 19.3 Å². The lowest BCUT2D eigenvalue weighted by Gasteiger charge is -2.34. The molecule has 0 bridgehead atoms. The lowest BCUT2D eigenvalue weighted by molar-refractivity contribution is -0.141. The van der Waals surface area contributed by atoms with Crippen molar-refractivity contribution in [1.29, 1.82) is 5.26 Å². The first-order valence-corrected chi connectivity index (χ1v) is 11.4. The average Bonchev–Trinajstić information content (AvgIpc) is 3.18. The molecule has 0 saturated heterocycles. The number of rotatable bonds is 4. The number of alkyl halides is 3. The molecule has 0 aliphatic heterocycles. The van der Waals surface area contributed by atoms with Crippen molar-refractivity contribution >= 4 is 27.0 Å². The molecule has 1 aliphatic rings. The number of hydrogen-bond acceptors (Lipinski definition) is 7. The number of hydrogen-bond donors (Lipinski definition) is 1. The first-order valence-electron chi connectivity index (χ1n) is 10.6. The summed E-state index contributed by atoms with van der Waals surface area (Å²) in [7, 11) is 0. The smallest absolute Gasteiger partial charge is 0.310 e. The number of nitriles is 1. The van der Waals surface area contributed by atoms with Gasteiger partial charge in [0.2, 0.25) is 0 Å². The molecule has 1 aliphatic carbocycles. The van der Waals surface area contributed by atoms with Crippen LogP contribution in [-0.4, -0.2) is 34.7 Å². The average molecular weight is 545 g/mol. The van der Waals surface area contributed by atoms with Gasteiger partial charge in [-0.25, -0.2) is 19.6 Å². The SMILES string of the molecule is C[C@H](c1ccc(C(F)(F)F)nc1)n1nc(C#N)c2c(=O)[nH]c([C@H]3CC[C@@H]3c3ncc(Br)cn3)nc21. The minimum atomic E-state index is -4.56. The minimum absolute atomic E-state index is 0.0266. The first-order chi connectivity index (χ1) is 16.7. The van der Waals surface area contributed by atoms with E-state index in [0.29, 0.717) is 17.2 Å². The molecular weight excluding hydrogens is 529 g/mol. The number of H-pyrrole nitrogens is 1. The molecule has 4 aromatic heterocycles. The maximum absolute atomic E-state index is 13.0. The fourth-order valence-corrected chi connectivity index (χ4v) is 4.40. The van der Waals surface area contributed by atoms with Gasteiger partial charge in [0.15, 0.2) is 11.3 Å². The summed E-state index contributed by atoms with van der Waals surface area (Å²) in [6.07, 6.45) is 1.44. The van der Waals surface area contributed by atoms with Gasteiger partial charge in [-0.2, -0.15) is 23.5 Å². The Morgan fingerprint density at radius 2 is 1.89 bits per heavy atom. The molecule has 1 saturated carbocycles. The van der Waals surface area contributed by atoms with E-state index < -0.39 is 23.5 Å². The quantitative estimate of drug-likeness (QED) is 0.407. The second kappa shape index (κ2) is 8.53. The highest BCUT2D eigenvalue weighted by Gasteiger charge is 2.38. The van der Waals surface area contributed by atoms with Crippen molar-refractivity contribution in [3.8, 4) is 6.07 Å². The fraction of sp³-hybridized carbons (Fsp3) is 0.318. The van der Waals surface area contributed by atoms with Crippen molar-refractivity contribution in [1.82, 2.24) is 34.7 Å². The molecule has 178 valence electrons. The van der Waals surface area contributed by atoms with Gasteiger partial charge in [-0.3, -0.25) is 9.78 Å². The van der Waals surface area contributed by atoms with E-state index in [1.807, 2.05) is 6.07 Å². The van der Waals surface area contributed by atoms with E-state index in [4.69, 9.17) is 0 Å². The van der Waals surface area contributed by atoms with Crippen LogP contribution in [0.2, 0.25) is 0 Å². The number of fused-ring (bicyclic) bond motifs is 1. The van der Waals surface area contributed by atoms with Gasteiger partial charge >= 0.3 is 6.18 Å². The van der Waals surface area contributed by atoms with Crippen LogP contribution in [0.3, 0.4) is 0 Å². The van der Waals surface area contributed by atoms with Crippen LogP contribution >= 0.6 is 15.9 Å². The van der Waals surface area contributed by atoms with Crippen LogP contribution in [0, 0.1) is 11.3 Å². The number of nitrogens with one attached hydrogen (secondary N) is 1. The van der Waals surface area contributed by atoms with Gasteiger partial charge in [0, 0.05) is 30.4 Å². The topological polar surface area (TPSA) is 126 Å². The molecule has 5 rings (SSSR count). The summed E-state index contributed by atoms with van der Waals surface area (Å²) in [6.45, 7) is 1.68. The number of aromatic amines is 1. The maximum Gasteiger partial charge on any atom is 0.433 e. The van der Waals surface area contributed by atoms with Crippen molar-refractivity contribution in [2.75, 3.05) is 0 Å². The van der Waals surface area contributed by atoms with Crippen LogP contribution in [0.15, 0.2) is 40.0 Å². The molecule has 0 spiro atoms. The monoisotopic (exact) mass is 544 g/mol. The lowest BCUT2D eigenvalue weighted by Crippen LogP contribution is -2.28. The van der Waals surface area contributed by atoms with E-state index in [1.165, 1.54) is 10.7 Å². The predicted molar refractivity (Wildman–Crippen MR) is 120 cm³/mol. The zero-order valence-electron chi connectivity index (χ0n) is 18.1. The minimum Gasteiger partial charge on any atom is -0.310 e. The molecule has 3 atom stereocenters. The molecule has 1 fully saturated rings. The van der Waals surface area contributed by atoms with E-state index in [2.05, 4.69) is 45.9 Å². The zero-order valence-corrected chi connectivity index (χ0v) is 19.7. The fourth-order valence-electron chi connectivity index (χ4n) is 4.20. The Morgan fingerprint density at radius 1 is 1.17 bits per heavy atom. The number of nitrogens with zero attached hydrogens (tertiary/aromatic N) is 7. The Balaban J connectivity index is 1.56. The van der Waals surface area contributed by atoms with E-state index in [-0.39, 0.29) is 28.6 Å². The highest BCUT2D eigenvalue weighted by atomic mass is 79.9. The van der Waals surface area contributed by atoms with E-state index in [0.717, 1.165) is 29.6 Å². The van der Waals surface area contributed by atoms with Crippen LogP contribution in [0.4, 0.5) is 13.2 Å². The van der Waals surface area contributed by atoms with Gasteiger partial charge in [0.05, 0.1) is 10.5 Å². The second-order valence-electron chi connectivity index (χ2n) is 8.26. The molecule has 0 aromatic carbocycles. The summed E-state index contributed by atoms with van der Waals surface area (Å²) in [5.41, 5.74) is -1.05. The van der Waals surface area contributed by atoms with Crippen molar-refractivity contribution in [3.05, 3.63) is 74.1 Å². The van der Waals surface area contributed by atoms with Crippen molar-refractivity contribution < 1.29 is 13.2 Å². The normalized spacial score (nSPS) is 18.7. The lowest BCUT2D eigenvalue weighted by atomic mass is 9.72. The Kier molecular flexibility index (Phi) is 5.63. The largest absolute Gasteiger partial charge is 0.433 e. The van der Waals surface area contributed by atoms with Gasteiger partial charge in [-0.15, -0.1) is 0 Å². The molecule has 9 nitrogen and oxygen atoms in total. The van der Waals surface area contributed by atoms with Crippen molar-refractivity contribution in [2.24, 2.45) is 0 Å². The summed E-state index contributed by atoms with van der Waals surface area (Å²) < 4.78 is 40.8. The molecular formula is C22H16BrF3N8O. The molecule has 0 unspecified atom stereocenters. The predicted octanol–water partition coefficient (Wildman–Crippen LogP) is 4.23. The second-order valence-corrected chi connectivity index (χ2v) is 9.17. The Bertz CT molecular complexity index is 1510. The summed E-state index contributed by atoms with van der Waals surface area (Å²) in [4.78, 5) is 32.6. The van der Waals surface area contributed by atoms with Crippen LogP contribution in [0.5, 0.6) is 0 Å². The van der Waals surface area contributed by atoms with E-state index in [9.17, 15) is 23.2 Å². The highest BCUT2D eigenvalue weighted by Crippen LogP contribution is 2.46. The molecule has 4 aromatic rings. The molecule has 13 heteroatoms. The number of halogens is 4. The van der Waals surface area contributed by atoms with Gasteiger partial charge in [-0.1, -0.05) is 6.07 Å². The van der Waals surface area contributed by atoms with Gasteiger partial charge < -0.3 is 4.98 Å². The van der Waals surface area contributed by atoms with Crippen LogP contribution < -0.4 is 5.56 Å². The summed E-state index contributed by atoms with van der Waals surface area (Å²) in [6, 6.07) is 3.44. The van der Waals surface area contributed by atoms with Gasteiger partial charge in [0.25, 0.3) is 5.56 Å². The number of aromatic nitrogens is 7. The standard InChI is InChI=1S/C22H16BrF3N8O/c1-10(11-2-5-16(28-7-11)22(24,25)26)34-20-17(15(6-27)33-34)21(35)32-19(31-20)14-4-3-13(14)18-29-8-12(23)9-30-18/h2,5,7-10,13-14H,3-4H2,1H3,(H,31,32,35)/t10-,13+,14+/m1/s1. The molecule has 4 heterocycles. The van der Waals surface area contributed by atoms with Gasteiger partial charge in [-0.05, 0) is 47.3 Å². The summed E-state index contributed by atoms with van der Waals surface area (Å²) in [5, 5.41) is 13.8. The van der Waals surface area contributed by atoms with Gasteiger partial charge in [0.1, 0.15) is 28.8 Å². The number of pyridine rings is 1. The Hall–Kier alpha value is -3.66.